The third-order valence-corrected chi connectivity index (χ3v) is 2.24. The van der Waals surface area contributed by atoms with E-state index in [0.717, 1.165) is 7.11 Å². The zero-order valence-electron chi connectivity index (χ0n) is 9.54. The lowest BCUT2D eigenvalue weighted by atomic mass is 9.95. The summed E-state index contributed by atoms with van der Waals surface area (Å²) in [5.41, 5.74) is -2.04. The Morgan fingerprint density at radius 1 is 1.53 bits per heavy atom. The maximum Gasteiger partial charge on any atom is 0.355 e. The van der Waals surface area contributed by atoms with Crippen LogP contribution in [0.1, 0.15) is 12.5 Å². The third-order valence-electron chi connectivity index (χ3n) is 2.24. The molecule has 92 valence electrons. The molecule has 1 rings (SSSR count). The van der Waals surface area contributed by atoms with E-state index in [9.17, 15) is 14.7 Å². The van der Waals surface area contributed by atoms with Gasteiger partial charge in [0.25, 0.3) is 5.60 Å². The molecule has 1 atom stereocenters. The summed E-state index contributed by atoms with van der Waals surface area (Å²) >= 11 is 0. The van der Waals surface area contributed by atoms with Crippen LogP contribution in [0.5, 0.6) is 0 Å². The number of hydrogen-bond acceptors (Lipinski definition) is 5. The zero-order chi connectivity index (χ0) is 12.9. The zero-order valence-corrected chi connectivity index (χ0v) is 9.54. The number of carboxylic acid groups (broad SMARTS) is 1. The van der Waals surface area contributed by atoms with E-state index in [-0.39, 0.29) is 12.2 Å². The lowest BCUT2D eigenvalue weighted by molar-refractivity contribution is -0.185. The highest BCUT2D eigenvalue weighted by atomic mass is 16.6. The van der Waals surface area contributed by atoms with Crippen molar-refractivity contribution in [1.29, 1.82) is 0 Å². The Balaban J connectivity index is 3.28. The minimum Gasteiger partial charge on any atom is -0.478 e. The molecule has 0 saturated carbocycles. The van der Waals surface area contributed by atoms with Gasteiger partial charge in [-0.05, 0) is 13.0 Å². The molecular weight excluding hydrogens is 226 g/mol. The Labute approximate surface area is 98.2 Å². The Kier molecular flexibility index (Phi) is 4.17. The van der Waals surface area contributed by atoms with E-state index in [2.05, 4.69) is 4.98 Å². The summed E-state index contributed by atoms with van der Waals surface area (Å²) in [7, 11) is 1.14. The molecule has 17 heavy (non-hydrogen) atoms. The van der Waals surface area contributed by atoms with Crippen LogP contribution >= 0.6 is 0 Å². The van der Waals surface area contributed by atoms with Crippen LogP contribution in [0, 0.1) is 0 Å². The van der Waals surface area contributed by atoms with Crippen molar-refractivity contribution in [3.05, 3.63) is 30.1 Å². The summed E-state index contributed by atoms with van der Waals surface area (Å²) in [6.07, 6.45) is 2.73. The summed E-state index contributed by atoms with van der Waals surface area (Å²) < 4.78 is 9.63. The van der Waals surface area contributed by atoms with E-state index < -0.39 is 17.5 Å². The highest BCUT2D eigenvalue weighted by Crippen LogP contribution is 2.26. The fraction of sp³-hybridized carbons (Fsp3) is 0.364. The van der Waals surface area contributed by atoms with E-state index in [1.54, 1.807) is 6.92 Å². The van der Waals surface area contributed by atoms with Crippen LogP contribution in [-0.4, -0.2) is 35.7 Å². The predicted molar refractivity (Wildman–Crippen MR) is 57.2 cm³/mol. The van der Waals surface area contributed by atoms with Crippen molar-refractivity contribution in [1.82, 2.24) is 4.98 Å². The maximum atomic E-state index is 11.8. The standard InChI is InChI=1S/C11H13NO5/c1-3-17-10(15)11(16-2,9(13)14)8-5-4-6-12-7-8/h4-7H,3H2,1-2H3,(H,13,14). The summed E-state index contributed by atoms with van der Waals surface area (Å²) in [5.74, 6) is -2.41. The Hall–Kier alpha value is -1.95. The highest BCUT2D eigenvalue weighted by molar-refractivity contribution is 6.03. The van der Waals surface area contributed by atoms with E-state index in [0.29, 0.717) is 0 Å². The molecule has 6 nitrogen and oxygen atoms in total. The second-order valence-corrected chi connectivity index (χ2v) is 3.15. The number of ether oxygens (including phenoxy) is 2. The molecular formula is C11H13NO5. The molecule has 0 aromatic carbocycles. The van der Waals surface area contributed by atoms with Crippen LogP contribution < -0.4 is 0 Å². The third kappa shape index (κ3) is 2.26. The molecule has 1 aromatic rings. The number of carboxylic acids is 1. The van der Waals surface area contributed by atoms with Gasteiger partial charge in [0.15, 0.2) is 0 Å². The summed E-state index contributed by atoms with van der Waals surface area (Å²) in [6.45, 7) is 1.65. The van der Waals surface area contributed by atoms with Crippen molar-refractivity contribution in [2.75, 3.05) is 13.7 Å². The largest absolute Gasteiger partial charge is 0.478 e. The van der Waals surface area contributed by atoms with Gasteiger partial charge >= 0.3 is 11.9 Å². The number of aromatic nitrogens is 1. The van der Waals surface area contributed by atoms with E-state index >= 15 is 0 Å². The van der Waals surface area contributed by atoms with Crippen molar-refractivity contribution in [2.45, 2.75) is 12.5 Å². The minimum absolute atomic E-state index is 0.0669. The average Bonchev–Trinajstić information content (AvgIpc) is 2.32. The molecule has 0 radical (unpaired) electrons. The van der Waals surface area contributed by atoms with Gasteiger partial charge in [-0.15, -0.1) is 0 Å². The molecule has 1 aromatic heterocycles. The van der Waals surface area contributed by atoms with Gasteiger partial charge in [0.2, 0.25) is 0 Å². The number of carbonyl (C=O) groups is 2. The van der Waals surface area contributed by atoms with Crippen molar-refractivity contribution in [3.8, 4) is 0 Å². The normalized spacial score (nSPS) is 13.8. The Bertz CT molecular complexity index is 406. The van der Waals surface area contributed by atoms with Crippen molar-refractivity contribution < 1.29 is 24.2 Å². The molecule has 0 saturated heterocycles. The molecule has 0 aliphatic heterocycles. The molecule has 1 unspecified atom stereocenters. The second kappa shape index (κ2) is 5.40. The summed E-state index contributed by atoms with van der Waals surface area (Å²) in [6, 6.07) is 2.97. The summed E-state index contributed by atoms with van der Waals surface area (Å²) in [4.78, 5) is 26.9. The van der Waals surface area contributed by atoms with E-state index in [1.807, 2.05) is 0 Å². The first-order chi connectivity index (χ1) is 8.09. The number of pyridine rings is 1. The van der Waals surface area contributed by atoms with Crippen molar-refractivity contribution in [2.24, 2.45) is 0 Å². The lowest BCUT2D eigenvalue weighted by Crippen LogP contribution is -2.46. The van der Waals surface area contributed by atoms with Gasteiger partial charge in [-0.1, -0.05) is 6.07 Å². The Morgan fingerprint density at radius 2 is 2.24 bits per heavy atom. The molecule has 1 heterocycles. The van der Waals surface area contributed by atoms with Crippen molar-refractivity contribution >= 4 is 11.9 Å². The second-order valence-electron chi connectivity index (χ2n) is 3.15. The number of aliphatic carboxylic acids is 1. The van der Waals surface area contributed by atoms with Crippen LogP contribution in [0.2, 0.25) is 0 Å². The fourth-order valence-electron chi connectivity index (χ4n) is 1.42. The summed E-state index contributed by atoms with van der Waals surface area (Å²) in [5, 5.41) is 9.22. The Morgan fingerprint density at radius 3 is 2.65 bits per heavy atom. The molecule has 0 spiro atoms. The SMILES string of the molecule is CCOC(=O)C(OC)(C(=O)O)c1cccnc1. The number of hydrogen-bond donors (Lipinski definition) is 1. The number of rotatable bonds is 5. The van der Waals surface area contributed by atoms with E-state index in [1.165, 1.54) is 24.5 Å². The average molecular weight is 239 g/mol. The van der Waals surface area contributed by atoms with Crippen molar-refractivity contribution in [3.63, 3.8) is 0 Å². The molecule has 0 aliphatic rings. The lowest BCUT2D eigenvalue weighted by Gasteiger charge is -2.25. The minimum atomic E-state index is -2.16. The molecule has 0 amide bonds. The quantitative estimate of drug-likeness (QED) is 0.597. The number of carbonyl (C=O) groups excluding carboxylic acids is 1. The van der Waals surface area contributed by atoms with E-state index in [4.69, 9.17) is 9.47 Å². The fourth-order valence-corrected chi connectivity index (χ4v) is 1.42. The molecule has 0 fully saturated rings. The predicted octanol–water partition coefficient (Wildman–Crippen LogP) is 0.571. The first kappa shape index (κ1) is 13.1. The van der Waals surface area contributed by atoms with Gasteiger partial charge in [0, 0.05) is 25.1 Å². The van der Waals surface area contributed by atoms with Gasteiger partial charge in [-0.25, -0.2) is 9.59 Å². The first-order valence-corrected chi connectivity index (χ1v) is 4.95. The van der Waals surface area contributed by atoms with Crippen LogP contribution in [0.3, 0.4) is 0 Å². The van der Waals surface area contributed by atoms with Gasteiger partial charge in [-0.3, -0.25) is 4.98 Å². The molecule has 0 aliphatic carbocycles. The van der Waals surface area contributed by atoms with Crippen LogP contribution in [0.25, 0.3) is 0 Å². The van der Waals surface area contributed by atoms with Crippen LogP contribution in [0.15, 0.2) is 24.5 Å². The number of methoxy groups -OCH3 is 1. The van der Waals surface area contributed by atoms with Gasteiger partial charge < -0.3 is 14.6 Å². The topological polar surface area (TPSA) is 85.7 Å². The molecule has 0 bridgehead atoms. The number of nitrogens with zero attached hydrogens (tertiary/aromatic N) is 1. The van der Waals surface area contributed by atoms with Gasteiger partial charge in [-0.2, -0.15) is 0 Å². The monoisotopic (exact) mass is 239 g/mol. The van der Waals surface area contributed by atoms with Gasteiger partial charge in [0.1, 0.15) is 0 Å². The van der Waals surface area contributed by atoms with Gasteiger partial charge in [0.05, 0.1) is 6.61 Å². The first-order valence-electron chi connectivity index (χ1n) is 4.95. The smallest absolute Gasteiger partial charge is 0.355 e. The molecule has 1 N–H and O–H groups in total. The van der Waals surface area contributed by atoms with Crippen LogP contribution in [-0.2, 0) is 24.7 Å². The highest BCUT2D eigenvalue weighted by Gasteiger charge is 2.50. The molecule has 6 heteroatoms. The number of esters is 1. The van der Waals surface area contributed by atoms with Crippen LogP contribution in [0.4, 0.5) is 0 Å². The maximum absolute atomic E-state index is 11.8.